The average Bonchev–Trinajstić information content (AvgIpc) is 3.09. The van der Waals surface area contributed by atoms with Crippen LogP contribution in [0.25, 0.3) is 0 Å². The standard InChI is InChI=1S/C17H32N4O4S2/c18-15(22)6-1-2-7-16(23)20-9-12-27-26-11-4-8-17(24)21-10-3-5-14(21)13-25-19/h14H,1-13,19H2,(H2,18,22)(H,20,23). The first-order valence-corrected chi connectivity index (χ1v) is 11.9. The van der Waals surface area contributed by atoms with Crippen molar-refractivity contribution in [2.75, 3.05) is 31.2 Å². The van der Waals surface area contributed by atoms with Crippen molar-refractivity contribution in [1.29, 1.82) is 0 Å². The number of amides is 3. The van der Waals surface area contributed by atoms with Gasteiger partial charge in [-0.05, 0) is 32.1 Å². The minimum Gasteiger partial charge on any atom is -0.370 e. The average molecular weight is 421 g/mol. The molecule has 0 saturated carbocycles. The van der Waals surface area contributed by atoms with E-state index in [9.17, 15) is 14.4 Å². The minimum atomic E-state index is -0.324. The lowest BCUT2D eigenvalue weighted by molar-refractivity contribution is -0.133. The zero-order valence-corrected chi connectivity index (χ0v) is 17.5. The largest absolute Gasteiger partial charge is 0.370 e. The predicted molar refractivity (Wildman–Crippen MR) is 110 cm³/mol. The van der Waals surface area contributed by atoms with Gasteiger partial charge in [0.2, 0.25) is 17.7 Å². The number of hydrogen-bond donors (Lipinski definition) is 3. The molecule has 1 fully saturated rings. The SMILES string of the molecule is NOCC1CCCN1C(=O)CCCSSCCNC(=O)CCCCC(N)=O. The van der Waals surface area contributed by atoms with E-state index >= 15 is 0 Å². The second kappa shape index (κ2) is 15.0. The molecule has 1 heterocycles. The van der Waals surface area contributed by atoms with Gasteiger partial charge in [-0.15, -0.1) is 0 Å². The summed E-state index contributed by atoms with van der Waals surface area (Å²) in [7, 11) is 3.42. The Morgan fingerprint density at radius 1 is 1.07 bits per heavy atom. The van der Waals surface area contributed by atoms with E-state index in [2.05, 4.69) is 5.32 Å². The van der Waals surface area contributed by atoms with Crippen LogP contribution in [0.2, 0.25) is 0 Å². The third-order valence-corrected chi connectivity index (χ3v) is 6.77. The van der Waals surface area contributed by atoms with Crippen molar-refractivity contribution in [3.05, 3.63) is 0 Å². The van der Waals surface area contributed by atoms with Crippen LogP contribution in [0.4, 0.5) is 0 Å². The topological polar surface area (TPSA) is 128 Å². The fourth-order valence-corrected chi connectivity index (χ4v) is 4.89. The highest BCUT2D eigenvalue weighted by atomic mass is 33.1. The van der Waals surface area contributed by atoms with Gasteiger partial charge in [0, 0.05) is 43.9 Å². The molecule has 1 aliphatic rings. The first-order valence-electron chi connectivity index (χ1n) is 9.45. The molecule has 5 N–H and O–H groups in total. The van der Waals surface area contributed by atoms with Gasteiger partial charge >= 0.3 is 0 Å². The third-order valence-electron chi connectivity index (χ3n) is 4.27. The van der Waals surface area contributed by atoms with Crippen LogP contribution in [0.5, 0.6) is 0 Å². The molecule has 1 saturated heterocycles. The maximum absolute atomic E-state index is 12.2. The van der Waals surface area contributed by atoms with Crippen LogP contribution in [-0.2, 0) is 19.2 Å². The van der Waals surface area contributed by atoms with E-state index in [4.69, 9.17) is 16.5 Å². The predicted octanol–water partition coefficient (Wildman–Crippen LogP) is 1.19. The summed E-state index contributed by atoms with van der Waals surface area (Å²) in [5.41, 5.74) is 5.05. The summed E-state index contributed by atoms with van der Waals surface area (Å²) in [5, 5.41) is 2.86. The fourth-order valence-electron chi connectivity index (χ4n) is 2.90. The molecular weight excluding hydrogens is 388 g/mol. The molecule has 0 aromatic rings. The van der Waals surface area contributed by atoms with Gasteiger partial charge in [-0.1, -0.05) is 21.6 Å². The van der Waals surface area contributed by atoms with Crippen LogP contribution < -0.4 is 16.9 Å². The Morgan fingerprint density at radius 2 is 1.81 bits per heavy atom. The second-order valence-corrected chi connectivity index (χ2v) is 9.19. The summed E-state index contributed by atoms with van der Waals surface area (Å²) in [6, 6.07) is 0.129. The highest BCUT2D eigenvalue weighted by Gasteiger charge is 2.28. The number of nitrogens with zero attached hydrogens (tertiary/aromatic N) is 1. The molecule has 8 nitrogen and oxygen atoms in total. The summed E-state index contributed by atoms with van der Waals surface area (Å²) >= 11 is 0. The van der Waals surface area contributed by atoms with Crippen LogP contribution in [-0.4, -0.2) is 59.9 Å². The van der Waals surface area contributed by atoms with E-state index in [1.807, 2.05) is 4.90 Å². The molecule has 3 amide bonds. The summed E-state index contributed by atoms with van der Waals surface area (Å²) in [6.45, 7) is 1.84. The first-order chi connectivity index (χ1) is 13.0. The van der Waals surface area contributed by atoms with Gasteiger partial charge in [0.1, 0.15) is 0 Å². The molecule has 0 bridgehead atoms. The molecule has 1 atom stereocenters. The van der Waals surface area contributed by atoms with Gasteiger partial charge in [-0.3, -0.25) is 14.4 Å². The summed E-state index contributed by atoms with van der Waals surface area (Å²) in [4.78, 5) is 41.0. The third kappa shape index (κ3) is 11.5. The number of nitrogens with one attached hydrogen (secondary N) is 1. The van der Waals surface area contributed by atoms with Crippen LogP contribution >= 0.6 is 21.6 Å². The normalized spacial score (nSPS) is 16.5. The monoisotopic (exact) mass is 420 g/mol. The molecule has 0 aromatic carbocycles. The van der Waals surface area contributed by atoms with Gasteiger partial charge in [0.15, 0.2) is 0 Å². The van der Waals surface area contributed by atoms with Crippen LogP contribution in [0.1, 0.15) is 51.4 Å². The van der Waals surface area contributed by atoms with Gasteiger partial charge in [-0.2, -0.15) is 0 Å². The molecule has 1 rings (SSSR count). The Hall–Kier alpha value is -0.970. The zero-order chi connectivity index (χ0) is 19.9. The lowest BCUT2D eigenvalue weighted by Crippen LogP contribution is -2.38. The van der Waals surface area contributed by atoms with Crippen LogP contribution in [0.3, 0.4) is 0 Å². The van der Waals surface area contributed by atoms with Gasteiger partial charge in [0.25, 0.3) is 0 Å². The van der Waals surface area contributed by atoms with Crippen molar-refractivity contribution in [2.45, 2.75) is 57.4 Å². The number of unbranched alkanes of at least 4 members (excludes halogenated alkanes) is 1. The highest BCUT2D eigenvalue weighted by Crippen LogP contribution is 2.23. The van der Waals surface area contributed by atoms with E-state index in [1.54, 1.807) is 21.6 Å². The zero-order valence-electron chi connectivity index (χ0n) is 15.8. The smallest absolute Gasteiger partial charge is 0.222 e. The number of rotatable bonds is 15. The Morgan fingerprint density at radius 3 is 2.56 bits per heavy atom. The Labute approximate surface area is 169 Å². The molecule has 0 aromatic heterocycles. The molecular formula is C17H32N4O4S2. The highest BCUT2D eigenvalue weighted by molar-refractivity contribution is 8.76. The van der Waals surface area contributed by atoms with Crippen molar-refractivity contribution in [1.82, 2.24) is 10.2 Å². The molecule has 1 aliphatic heterocycles. The lowest BCUT2D eigenvalue weighted by Gasteiger charge is -2.23. The maximum atomic E-state index is 12.2. The molecule has 0 aliphatic carbocycles. The fraction of sp³-hybridized carbons (Fsp3) is 0.824. The quantitative estimate of drug-likeness (QED) is 0.206. The minimum absolute atomic E-state index is 0.0114. The molecule has 156 valence electrons. The summed E-state index contributed by atoms with van der Waals surface area (Å²) in [6.07, 6.45) is 5.47. The maximum Gasteiger partial charge on any atom is 0.222 e. The molecule has 0 spiro atoms. The number of nitrogens with two attached hydrogens (primary N) is 2. The Bertz CT molecular complexity index is 468. The van der Waals surface area contributed by atoms with Crippen molar-refractivity contribution < 1.29 is 19.2 Å². The van der Waals surface area contributed by atoms with Gasteiger partial charge < -0.3 is 20.8 Å². The summed E-state index contributed by atoms with van der Waals surface area (Å²) < 4.78 is 0. The number of carbonyl (C=O) groups excluding carboxylic acids is 3. The van der Waals surface area contributed by atoms with E-state index < -0.39 is 0 Å². The van der Waals surface area contributed by atoms with Crippen molar-refractivity contribution in [3.8, 4) is 0 Å². The van der Waals surface area contributed by atoms with Crippen LogP contribution in [0, 0.1) is 0 Å². The number of primary amides is 1. The lowest BCUT2D eigenvalue weighted by atomic mass is 10.2. The van der Waals surface area contributed by atoms with E-state index in [1.165, 1.54) is 0 Å². The second-order valence-electron chi connectivity index (χ2n) is 6.49. The van der Waals surface area contributed by atoms with E-state index in [-0.39, 0.29) is 23.8 Å². The van der Waals surface area contributed by atoms with Crippen LogP contribution in [0.15, 0.2) is 0 Å². The van der Waals surface area contributed by atoms with Gasteiger partial charge in [0.05, 0.1) is 12.6 Å². The first kappa shape index (κ1) is 24.1. The number of likely N-dealkylation sites (tertiary alicyclic amines) is 1. The number of hydrogen-bond acceptors (Lipinski definition) is 7. The number of carbonyl (C=O) groups is 3. The Kier molecular flexibility index (Phi) is 13.4. The molecule has 27 heavy (non-hydrogen) atoms. The van der Waals surface area contributed by atoms with Crippen molar-refractivity contribution >= 4 is 39.3 Å². The molecule has 0 radical (unpaired) electrons. The van der Waals surface area contributed by atoms with Crippen molar-refractivity contribution in [3.63, 3.8) is 0 Å². The van der Waals surface area contributed by atoms with Gasteiger partial charge in [-0.25, -0.2) is 5.90 Å². The van der Waals surface area contributed by atoms with E-state index in [0.717, 1.165) is 37.3 Å². The van der Waals surface area contributed by atoms with E-state index in [0.29, 0.717) is 45.3 Å². The Balaban J connectivity index is 1.93. The molecule has 1 unspecified atom stereocenters. The molecule has 10 heteroatoms. The van der Waals surface area contributed by atoms with Crippen molar-refractivity contribution in [2.24, 2.45) is 11.6 Å². The summed E-state index contributed by atoms with van der Waals surface area (Å²) in [5.74, 6) is 6.73.